The van der Waals surface area contributed by atoms with E-state index in [4.69, 9.17) is 9.84 Å². The topological polar surface area (TPSA) is 53.0 Å². The molecule has 1 N–H and O–H groups in total. The maximum atomic E-state index is 12.3. The summed E-state index contributed by atoms with van der Waals surface area (Å²) in [6.07, 6.45) is 1.96. The van der Waals surface area contributed by atoms with Crippen LogP contribution in [0.4, 0.5) is 4.79 Å². The molecular weight excluding hydrogens is 256 g/mol. The lowest BCUT2D eigenvalue weighted by Crippen LogP contribution is -2.48. The highest BCUT2D eigenvalue weighted by Gasteiger charge is 2.31. The van der Waals surface area contributed by atoms with E-state index in [-0.39, 0.29) is 18.7 Å². The summed E-state index contributed by atoms with van der Waals surface area (Å²) in [6, 6.07) is 0.443. The van der Waals surface area contributed by atoms with Gasteiger partial charge in [-0.2, -0.15) is 0 Å². The summed E-state index contributed by atoms with van der Waals surface area (Å²) < 4.78 is 5.49. The van der Waals surface area contributed by atoms with Crippen LogP contribution in [0.2, 0.25) is 0 Å². The highest BCUT2D eigenvalue weighted by atomic mass is 16.6. The average Bonchev–Trinajstić information content (AvgIpc) is 2.71. The molecule has 0 aromatic rings. The van der Waals surface area contributed by atoms with Crippen molar-refractivity contribution in [1.29, 1.82) is 0 Å². The number of likely N-dealkylation sites (tertiary alicyclic amines) is 1. The van der Waals surface area contributed by atoms with Gasteiger partial charge in [0.15, 0.2) is 0 Å². The van der Waals surface area contributed by atoms with E-state index in [9.17, 15) is 4.79 Å². The summed E-state index contributed by atoms with van der Waals surface area (Å²) in [5.74, 6) is 0. The van der Waals surface area contributed by atoms with Crippen LogP contribution in [0.1, 0.15) is 47.5 Å². The van der Waals surface area contributed by atoms with Crippen LogP contribution in [0, 0.1) is 0 Å². The van der Waals surface area contributed by atoms with Crippen molar-refractivity contribution in [3.8, 4) is 0 Å². The Morgan fingerprint density at radius 3 is 2.60 bits per heavy atom. The van der Waals surface area contributed by atoms with Gasteiger partial charge in [-0.3, -0.25) is 4.90 Å². The number of hydrogen-bond donors (Lipinski definition) is 1. The highest BCUT2D eigenvalue weighted by Crippen LogP contribution is 2.20. The normalized spacial score (nSPS) is 20.4. The Hall–Kier alpha value is -0.810. The first-order valence-corrected chi connectivity index (χ1v) is 7.59. The van der Waals surface area contributed by atoms with E-state index in [1.54, 1.807) is 4.90 Å². The van der Waals surface area contributed by atoms with Gasteiger partial charge in [0.25, 0.3) is 0 Å². The third-order valence-corrected chi connectivity index (χ3v) is 3.55. The van der Waals surface area contributed by atoms with Crippen LogP contribution in [0.25, 0.3) is 0 Å². The monoisotopic (exact) mass is 286 g/mol. The van der Waals surface area contributed by atoms with Crippen LogP contribution in [0.5, 0.6) is 0 Å². The predicted octanol–water partition coefficient (Wildman–Crippen LogP) is 2.09. The zero-order valence-corrected chi connectivity index (χ0v) is 13.6. The number of carbonyl (C=O) groups is 1. The fourth-order valence-electron chi connectivity index (χ4n) is 2.57. The number of carbonyl (C=O) groups excluding carboxylic acids is 1. The first-order valence-electron chi connectivity index (χ1n) is 7.59. The summed E-state index contributed by atoms with van der Waals surface area (Å²) >= 11 is 0. The van der Waals surface area contributed by atoms with Crippen molar-refractivity contribution in [2.45, 2.75) is 65.1 Å². The Balaban J connectivity index is 2.65. The van der Waals surface area contributed by atoms with Gasteiger partial charge in [0.2, 0.25) is 0 Å². The average molecular weight is 286 g/mol. The number of aliphatic hydroxyl groups is 1. The number of amides is 1. The zero-order valence-electron chi connectivity index (χ0n) is 13.6. The smallest absolute Gasteiger partial charge is 0.410 e. The minimum atomic E-state index is -0.468. The van der Waals surface area contributed by atoms with Gasteiger partial charge in [0.05, 0.1) is 6.61 Å². The summed E-state index contributed by atoms with van der Waals surface area (Å²) in [7, 11) is 0. The summed E-state index contributed by atoms with van der Waals surface area (Å²) in [5, 5.41) is 9.10. The number of β-amino-alcohol motifs (C(OH)–C–C–N with tert-alkyl or cyclic N) is 1. The molecule has 1 aliphatic rings. The molecule has 1 amide bonds. The van der Waals surface area contributed by atoms with Gasteiger partial charge in [-0.1, -0.05) is 0 Å². The maximum Gasteiger partial charge on any atom is 0.410 e. The molecule has 0 unspecified atom stereocenters. The van der Waals surface area contributed by atoms with E-state index < -0.39 is 5.60 Å². The van der Waals surface area contributed by atoms with Crippen molar-refractivity contribution in [2.24, 2.45) is 0 Å². The van der Waals surface area contributed by atoms with Gasteiger partial charge in [0.1, 0.15) is 5.60 Å². The molecule has 5 nitrogen and oxygen atoms in total. The summed E-state index contributed by atoms with van der Waals surface area (Å²) in [4.78, 5) is 16.3. The fourth-order valence-corrected chi connectivity index (χ4v) is 2.57. The van der Waals surface area contributed by atoms with Crippen LogP contribution >= 0.6 is 0 Å². The molecule has 1 fully saturated rings. The lowest BCUT2D eigenvalue weighted by molar-refractivity contribution is 0.0134. The van der Waals surface area contributed by atoms with E-state index >= 15 is 0 Å². The number of rotatable bonds is 5. The van der Waals surface area contributed by atoms with E-state index in [0.717, 1.165) is 19.4 Å². The first kappa shape index (κ1) is 17.2. The minimum absolute atomic E-state index is 0.112. The second kappa shape index (κ2) is 7.27. The van der Waals surface area contributed by atoms with Gasteiger partial charge in [0, 0.05) is 25.2 Å². The second-order valence-corrected chi connectivity index (χ2v) is 6.78. The second-order valence-electron chi connectivity index (χ2n) is 6.78. The molecule has 0 aromatic carbocycles. The van der Waals surface area contributed by atoms with Crippen LogP contribution in [0.3, 0.4) is 0 Å². The number of aliphatic hydroxyl groups excluding tert-OH is 1. The van der Waals surface area contributed by atoms with Gasteiger partial charge >= 0.3 is 6.09 Å². The van der Waals surface area contributed by atoms with Crippen molar-refractivity contribution in [1.82, 2.24) is 9.80 Å². The highest BCUT2D eigenvalue weighted by molar-refractivity contribution is 5.68. The van der Waals surface area contributed by atoms with E-state index in [1.165, 1.54) is 0 Å². The molecule has 1 rings (SSSR count). The SMILES string of the molecule is CC(C)N(C[C@H]1CCCN1CCO)C(=O)OC(C)(C)C. The van der Waals surface area contributed by atoms with Crippen molar-refractivity contribution in [3.05, 3.63) is 0 Å². The summed E-state index contributed by atoms with van der Waals surface area (Å²) in [6.45, 7) is 12.2. The predicted molar refractivity (Wildman–Crippen MR) is 79.8 cm³/mol. The van der Waals surface area contributed by atoms with Crippen LogP contribution in [-0.4, -0.2) is 64.9 Å². The van der Waals surface area contributed by atoms with Gasteiger partial charge in [-0.15, -0.1) is 0 Å². The Kier molecular flexibility index (Phi) is 6.27. The van der Waals surface area contributed by atoms with Crippen molar-refractivity contribution in [2.75, 3.05) is 26.2 Å². The molecule has 118 valence electrons. The molecule has 0 saturated carbocycles. The fraction of sp³-hybridized carbons (Fsp3) is 0.933. The van der Waals surface area contributed by atoms with Crippen LogP contribution < -0.4 is 0 Å². The van der Waals surface area contributed by atoms with E-state index in [2.05, 4.69) is 4.90 Å². The molecule has 0 radical (unpaired) electrons. The standard InChI is InChI=1S/C15H30N2O3/c1-12(2)17(14(19)20-15(3,4)5)11-13-7-6-8-16(13)9-10-18/h12-13,18H,6-11H2,1-5H3/t13-/m1/s1. The third-order valence-electron chi connectivity index (χ3n) is 3.55. The van der Waals surface area contributed by atoms with Gasteiger partial charge < -0.3 is 14.7 Å². The number of nitrogens with zero attached hydrogens (tertiary/aromatic N) is 2. The molecule has 0 bridgehead atoms. The molecule has 0 aromatic heterocycles. The zero-order chi connectivity index (χ0) is 15.3. The molecule has 0 aliphatic carbocycles. The Labute approximate surface area is 122 Å². The minimum Gasteiger partial charge on any atom is -0.444 e. The maximum absolute atomic E-state index is 12.3. The van der Waals surface area contributed by atoms with Gasteiger partial charge in [-0.05, 0) is 54.0 Å². The third kappa shape index (κ3) is 5.29. The van der Waals surface area contributed by atoms with Crippen LogP contribution in [-0.2, 0) is 4.74 Å². The summed E-state index contributed by atoms with van der Waals surface area (Å²) in [5.41, 5.74) is -0.468. The van der Waals surface area contributed by atoms with Crippen molar-refractivity contribution < 1.29 is 14.6 Å². The number of hydrogen-bond acceptors (Lipinski definition) is 4. The van der Waals surface area contributed by atoms with Crippen LogP contribution in [0.15, 0.2) is 0 Å². The molecule has 1 atom stereocenters. The molecular formula is C15H30N2O3. The molecule has 1 saturated heterocycles. The van der Waals surface area contributed by atoms with Crippen molar-refractivity contribution in [3.63, 3.8) is 0 Å². The molecule has 20 heavy (non-hydrogen) atoms. The largest absolute Gasteiger partial charge is 0.444 e. The molecule has 1 aliphatic heterocycles. The molecule has 1 heterocycles. The lowest BCUT2D eigenvalue weighted by Gasteiger charge is -2.34. The van der Waals surface area contributed by atoms with E-state index in [1.807, 2.05) is 34.6 Å². The van der Waals surface area contributed by atoms with Crippen molar-refractivity contribution >= 4 is 6.09 Å². The Bertz CT molecular complexity index is 313. The van der Waals surface area contributed by atoms with E-state index in [0.29, 0.717) is 19.1 Å². The molecule has 0 spiro atoms. The Morgan fingerprint density at radius 1 is 1.45 bits per heavy atom. The Morgan fingerprint density at radius 2 is 2.10 bits per heavy atom. The van der Waals surface area contributed by atoms with Gasteiger partial charge in [-0.25, -0.2) is 4.79 Å². The molecule has 5 heteroatoms. The number of ether oxygens (including phenoxy) is 1. The first-order chi connectivity index (χ1) is 9.24. The lowest BCUT2D eigenvalue weighted by atomic mass is 10.2. The quantitative estimate of drug-likeness (QED) is 0.841.